The smallest absolute Gasteiger partial charge is 0.217 e. The molecule has 3 aliphatic heterocycles. The number of piperidine rings is 1. The van der Waals surface area contributed by atoms with E-state index in [2.05, 4.69) is 5.32 Å². The topological polar surface area (TPSA) is 58.6 Å². The maximum Gasteiger partial charge on any atom is 0.217 e. The summed E-state index contributed by atoms with van der Waals surface area (Å²) in [5.41, 5.74) is 0. The van der Waals surface area contributed by atoms with Gasteiger partial charge in [0.1, 0.15) is 0 Å². The van der Waals surface area contributed by atoms with Crippen LogP contribution in [-0.2, 0) is 14.8 Å². The number of nitrogens with one attached hydrogen (secondary N) is 1. The minimum atomic E-state index is -3.10. The van der Waals surface area contributed by atoms with Crippen molar-refractivity contribution < 1.29 is 13.2 Å². The van der Waals surface area contributed by atoms with Gasteiger partial charge in [0.25, 0.3) is 0 Å². The summed E-state index contributed by atoms with van der Waals surface area (Å²) in [7, 11) is -3.10. The predicted molar refractivity (Wildman–Crippen MR) is 78.1 cm³/mol. The summed E-state index contributed by atoms with van der Waals surface area (Å²) in [5, 5.41) is 3.35. The van der Waals surface area contributed by atoms with Crippen molar-refractivity contribution in [1.82, 2.24) is 9.62 Å². The fraction of sp³-hybridized carbons (Fsp3) is 1.00. The van der Waals surface area contributed by atoms with Gasteiger partial charge >= 0.3 is 0 Å². The summed E-state index contributed by atoms with van der Waals surface area (Å²) in [6, 6.07) is 0.628. The Kier molecular flexibility index (Phi) is 4.65. The quantitative estimate of drug-likeness (QED) is 0.843. The van der Waals surface area contributed by atoms with Crippen LogP contribution in [0.5, 0.6) is 0 Å². The van der Waals surface area contributed by atoms with Gasteiger partial charge in [0.05, 0.1) is 5.25 Å². The highest BCUT2D eigenvalue weighted by Gasteiger charge is 2.37. The normalized spacial score (nSPS) is 31.7. The molecule has 0 spiro atoms. The Morgan fingerprint density at radius 3 is 2.30 bits per heavy atom. The maximum absolute atomic E-state index is 12.6. The van der Waals surface area contributed by atoms with Gasteiger partial charge in [0, 0.05) is 32.3 Å². The Morgan fingerprint density at radius 2 is 1.70 bits per heavy atom. The van der Waals surface area contributed by atoms with E-state index in [-0.39, 0.29) is 5.25 Å². The Labute approximate surface area is 122 Å². The van der Waals surface area contributed by atoms with Crippen LogP contribution < -0.4 is 5.32 Å². The molecule has 5 nitrogen and oxygen atoms in total. The summed E-state index contributed by atoms with van der Waals surface area (Å²) in [4.78, 5) is 0. The molecule has 116 valence electrons. The molecule has 0 aliphatic carbocycles. The van der Waals surface area contributed by atoms with E-state index in [4.69, 9.17) is 4.74 Å². The third-order valence-corrected chi connectivity index (χ3v) is 7.51. The van der Waals surface area contributed by atoms with Crippen molar-refractivity contribution >= 4 is 10.0 Å². The lowest BCUT2D eigenvalue weighted by Crippen LogP contribution is -2.47. The maximum atomic E-state index is 12.6. The van der Waals surface area contributed by atoms with Crippen molar-refractivity contribution in [2.45, 2.75) is 49.8 Å². The molecule has 0 saturated carbocycles. The summed E-state index contributed by atoms with van der Waals surface area (Å²) >= 11 is 0. The molecule has 1 unspecified atom stereocenters. The molecule has 0 aromatic rings. The minimum Gasteiger partial charge on any atom is -0.381 e. The lowest BCUT2D eigenvalue weighted by atomic mass is 9.89. The van der Waals surface area contributed by atoms with Gasteiger partial charge < -0.3 is 10.1 Å². The zero-order chi connectivity index (χ0) is 14.0. The summed E-state index contributed by atoms with van der Waals surface area (Å²) in [5.74, 6) is 0.665. The molecule has 0 aromatic heterocycles. The molecule has 20 heavy (non-hydrogen) atoms. The number of ether oxygens (including phenoxy) is 1. The monoisotopic (exact) mass is 302 g/mol. The average Bonchev–Trinajstić information content (AvgIpc) is 3.02. The van der Waals surface area contributed by atoms with E-state index in [1.165, 1.54) is 12.8 Å². The predicted octanol–water partition coefficient (Wildman–Crippen LogP) is 0.959. The standard InChI is InChI=1S/C14H26N2O3S/c17-20(18,13-5-10-19-11-6-13)16-8-3-12(4-9-16)14-2-1-7-15-14/h12-15H,1-11H2. The molecule has 0 amide bonds. The van der Waals surface area contributed by atoms with Gasteiger partial charge in [0.2, 0.25) is 10.0 Å². The Balaban J connectivity index is 1.56. The number of hydrogen-bond acceptors (Lipinski definition) is 4. The van der Waals surface area contributed by atoms with Crippen LogP contribution in [0.4, 0.5) is 0 Å². The fourth-order valence-electron chi connectivity index (χ4n) is 3.83. The molecule has 3 saturated heterocycles. The number of nitrogens with zero attached hydrogens (tertiary/aromatic N) is 1. The first-order valence-corrected chi connectivity index (χ1v) is 9.48. The first-order valence-electron chi connectivity index (χ1n) is 7.98. The van der Waals surface area contributed by atoms with Gasteiger partial charge in [-0.2, -0.15) is 0 Å². The Morgan fingerprint density at radius 1 is 1.00 bits per heavy atom. The zero-order valence-corrected chi connectivity index (χ0v) is 12.9. The highest BCUT2D eigenvalue weighted by Crippen LogP contribution is 2.29. The SMILES string of the molecule is O=S(=O)(C1CCOCC1)N1CCC(C2CCCN2)CC1. The molecule has 1 atom stereocenters. The van der Waals surface area contributed by atoms with E-state index in [0.29, 0.717) is 51.1 Å². The van der Waals surface area contributed by atoms with Crippen molar-refractivity contribution in [3.05, 3.63) is 0 Å². The minimum absolute atomic E-state index is 0.211. The molecule has 0 aromatic carbocycles. The lowest BCUT2D eigenvalue weighted by Gasteiger charge is -2.36. The lowest BCUT2D eigenvalue weighted by molar-refractivity contribution is 0.0966. The largest absolute Gasteiger partial charge is 0.381 e. The summed E-state index contributed by atoms with van der Waals surface area (Å²) < 4.78 is 32.3. The number of hydrogen-bond donors (Lipinski definition) is 1. The molecule has 0 radical (unpaired) electrons. The molecule has 6 heteroatoms. The third-order valence-electron chi connectivity index (χ3n) is 5.12. The second kappa shape index (κ2) is 6.30. The molecular weight excluding hydrogens is 276 g/mol. The van der Waals surface area contributed by atoms with Crippen molar-refractivity contribution in [2.75, 3.05) is 32.8 Å². The number of sulfonamides is 1. The van der Waals surface area contributed by atoms with Crippen LogP contribution in [0.15, 0.2) is 0 Å². The first-order chi connectivity index (χ1) is 9.68. The van der Waals surface area contributed by atoms with E-state index in [9.17, 15) is 8.42 Å². The summed E-state index contributed by atoms with van der Waals surface area (Å²) in [6.45, 7) is 3.73. The molecule has 0 bridgehead atoms. The van der Waals surface area contributed by atoms with Gasteiger partial charge in [0.15, 0.2) is 0 Å². The third kappa shape index (κ3) is 3.03. The highest BCUT2D eigenvalue weighted by atomic mass is 32.2. The van der Waals surface area contributed by atoms with Crippen LogP contribution in [0.25, 0.3) is 0 Å². The van der Waals surface area contributed by atoms with E-state index in [1.54, 1.807) is 4.31 Å². The van der Waals surface area contributed by atoms with Crippen molar-refractivity contribution in [1.29, 1.82) is 0 Å². The molecular formula is C14H26N2O3S. The van der Waals surface area contributed by atoms with Gasteiger partial charge in [-0.05, 0) is 51.0 Å². The molecule has 3 aliphatic rings. The van der Waals surface area contributed by atoms with Gasteiger partial charge in [-0.3, -0.25) is 0 Å². The highest BCUT2D eigenvalue weighted by molar-refractivity contribution is 7.89. The molecule has 3 rings (SSSR count). The fourth-order valence-corrected chi connectivity index (χ4v) is 5.76. The van der Waals surface area contributed by atoms with Gasteiger partial charge in [-0.1, -0.05) is 0 Å². The van der Waals surface area contributed by atoms with Gasteiger partial charge in [-0.25, -0.2) is 12.7 Å². The Bertz CT molecular complexity index is 406. The second-order valence-corrected chi connectivity index (χ2v) is 8.51. The second-order valence-electron chi connectivity index (χ2n) is 6.30. The van der Waals surface area contributed by atoms with Crippen molar-refractivity contribution in [2.24, 2.45) is 5.92 Å². The average molecular weight is 302 g/mol. The summed E-state index contributed by atoms with van der Waals surface area (Å²) in [6.07, 6.45) is 5.88. The van der Waals surface area contributed by atoms with E-state index in [0.717, 1.165) is 19.4 Å². The zero-order valence-electron chi connectivity index (χ0n) is 12.1. The van der Waals surface area contributed by atoms with Crippen LogP contribution in [0.2, 0.25) is 0 Å². The molecule has 1 N–H and O–H groups in total. The first kappa shape index (κ1) is 14.8. The van der Waals surface area contributed by atoms with Crippen molar-refractivity contribution in [3.63, 3.8) is 0 Å². The van der Waals surface area contributed by atoms with Crippen LogP contribution in [-0.4, -0.2) is 56.9 Å². The van der Waals surface area contributed by atoms with Crippen LogP contribution in [0.1, 0.15) is 38.5 Å². The molecule has 3 heterocycles. The molecule has 3 fully saturated rings. The van der Waals surface area contributed by atoms with E-state index >= 15 is 0 Å². The van der Waals surface area contributed by atoms with E-state index in [1.807, 2.05) is 0 Å². The van der Waals surface area contributed by atoms with Crippen LogP contribution in [0, 0.1) is 5.92 Å². The van der Waals surface area contributed by atoms with Crippen LogP contribution >= 0.6 is 0 Å². The van der Waals surface area contributed by atoms with Crippen LogP contribution in [0.3, 0.4) is 0 Å². The van der Waals surface area contributed by atoms with Gasteiger partial charge in [-0.15, -0.1) is 0 Å². The van der Waals surface area contributed by atoms with E-state index < -0.39 is 10.0 Å². The van der Waals surface area contributed by atoms with Crippen molar-refractivity contribution in [3.8, 4) is 0 Å². The Hall–Kier alpha value is -0.170. The number of rotatable bonds is 3.